The van der Waals surface area contributed by atoms with E-state index in [9.17, 15) is 9.59 Å². The van der Waals surface area contributed by atoms with Gasteiger partial charge in [-0.25, -0.2) is 9.78 Å². The van der Waals surface area contributed by atoms with E-state index in [0.29, 0.717) is 25.5 Å². The number of carbonyl (C=O) groups excluding carboxylic acids is 2. The van der Waals surface area contributed by atoms with Gasteiger partial charge in [0.15, 0.2) is 0 Å². The van der Waals surface area contributed by atoms with Crippen LogP contribution in [0.3, 0.4) is 0 Å². The molecular formula is C15H21N3O4. The molecule has 1 fully saturated rings. The van der Waals surface area contributed by atoms with Crippen LogP contribution in [0.4, 0.5) is 5.69 Å². The van der Waals surface area contributed by atoms with Crippen LogP contribution in [-0.4, -0.2) is 54.1 Å². The van der Waals surface area contributed by atoms with Gasteiger partial charge >= 0.3 is 5.97 Å². The van der Waals surface area contributed by atoms with Gasteiger partial charge in [-0.1, -0.05) is 0 Å². The molecule has 0 spiro atoms. The van der Waals surface area contributed by atoms with Crippen LogP contribution in [0.5, 0.6) is 5.88 Å². The number of pyridine rings is 1. The number of likely N-dealkylation sites (tertiary alicyclic amines) is 1. The Kier molecular flexibility index (Phi) is 5.19. The molecular weight excluding hydrogens is 286 g/mol. The van der Waals surface area contributed by atoms with E-state index in [0.717, 1.165) is 5.69 Å². The van der Waals surface area contributed by atoms with Crippen molar-refractivity contribution in [1.29, 1.82) is 0 Å². The van der Waals surface area contributed by atoms with Crippen LogP contribution in [0.25, 0.3) is 0 Å². The summed E-state index contributed by atoms with van der Waals surface area (Å²) < 4.78 is 10.1. The normalized spacial score (nSPS) is 20.6. The highest BCUT2D eigenvalue weighted by Crippen LogP contribution is 2.23. The molecule has 1 aromatic heterocycles. The molecule has 0 unspecified atom stereocenters. The van der Waals surface area contributed by atoms with Crippen LogP contribution in [-0.2, 0) is 14.3 Å². The molecule has 1 saturated heterocycles. The number of methoxy groups -OCH3 is 1. The highest BCUT2D eigenvalue weighted by molar-refractivity contribution is 5.84. The lowest BCUT2D eigenvalue weighted by Gasteiger charge is -2.20. The predicted molar refractivity (Wildman–Crippen MR) is 80.6 cm³/mol. The van der Waals surface area contributed by atoms with Gasteiger partial charge in [0.05, 0.1) is 13.7 Å². The van der Waals surface area contributed by atoms with Crippen molar-refractivity contribution in [1.82, 2.24) is 9.88 Å². The number of ether oxygens (including phenoxy) is 2. The van der Waals surface area contributed by atoms with Crippen LogP contribution < -0.4 is 10.1 Å². The second-order valence-electron chi connectivity index (χ2n) is 5.10. The molecule has 7 heteroatoms. The van der Waals surface area contributed by atoms with E-state index >= 15 is 0 Å². The fourth-order valence-electron chi connectivity index (χ4n) is 2.61. The topological polar surface area (TPSA) is 80.8 Å². The van der Waals surface area contributed by atoms with Crippen LogP contribution in [0, 0.1) is 0 Å². The molecule has 2 atom stereocenters. The van der Waals surface area contributed by atoms with Crippen molar-refractivity contribution < 1.29 is 19.1 Å². The Balaban J connectivity index is 2.06. The number of hydrogen-bond donors (Lipinski definition) is 1. The maximum atomic E-state index is 11.8. The number of nitrogens with zero attached hydrogens (tertiary/aromatic N) is 2. The average Bonchev–Trinajstić information content (AvgIpc) is 2.91. The number of nitrogens with one attached hydrogen (secondary N) is 1. The lowest BCUT2D eigenvalue weighted by Crippen LogP contribution is -2.40. The number of anilines is 1. The predicted octanol–water partition coefficient (Wildman–Crippen LogP) is 1.05. The Morgan fingerprint density at radius 1 is 1.50 bits per heavy atom. The van der Waals surface area contributed by atoms with Crippen molar-refractivity contribution in [3.63, 3.8) is 0 Å². The zero-order chi connectivity index (χ0) is 16.1. The van der Waals surface area contributed by atoms with Crippen molar-refractivity contribution in [3.05, 3.63) is 18.3 Å². The molecule has 2 heterocycles. The summed E-state index contributed by atoms with van der Waals surface area (Å²) in [6.45, 7) is 4.35. The highest BCUT2D eigenvalue weighted by Gasteiger charge is 2.39. The summed E-state index contributed by atoms with van der Waals surface area (Å²) >= 11 is 0. The number of amides is 1. The van der Waals surface area contributed by atoms with E-state index in [2.05, 4.69) is 10.3 Å². The van der Waals surface area contributed by atoms with E-state index < -0.39 is 6.04 Å². The van der Waals surface area contributed by atoms with Crippen molar-refractivity contribution in [3.8, 4) is 5.88 Å². The Morgan fingerprint density at radius 3 is 2.91 bits per heavy atom. The first-order valence-corrected chi connectivity index (χ1v) is 7.25. The lowest BCUT2D eigenvalue weighted by atomic mass is 10.1. The minimum absolute atomic E-state index is 0.0233. The monoisotopic (exact) mass is 307 g/mol. The van der Waals surface area contributed by atoms with Gasteiger partial charge in [0.25, 0.3) is 0 Å². The fourth-order valence-corrected chi connectivity index (χ4v) is 2.61. The summed E-state index contributed by atoms with van der Waals surface area (Å²) in [6, 6.07) is 3.07. The molecule has 0 saturated carbocycles. The number of rotatable bonds is 5. The summed E-state index contributed by atoms with van der Waals surface area (Å²) in [5.41, 5.74) is 0.845. The Bertz CT molecular complexity index is 549. The van der Waals surface area contributed by atoms with Gasteiger partial charge < -0.3 is 19.7 Å². The maximum Gasteiger partial charge on any atom is 0.328 e. The highest BCUT2D eigenvalue weighted by atomic mass is 16.5. The minimum atomic E-state index is -0.534. The Morgan fingerprint density at radius 2 is 2.27 bits per heavy atom. The third-order valence-electron chi connectivity index (χ3n) is 3.58. The first-order chi connectivity index (χ1) is 10.5. The molecule has 1 aromatic rings. The van der Waals surface area contributed by atoms with Gasteiger partial charge in [0.1, 0.15) is 6.04 Å². The van der Waals surface area contributed by atoms with Crippen LogP contribution >= 0.6 is 0 Å². The van der Waals surface area contributed by atoms with Gasteiger partial charge in [-0.2, -0.15) is 0 Å². The molecule has 0 aromatic carbocycles. The van der Waals surface area contributed by atoms with E-state index in [1.165, 1.54) is 18.9 Å². The summed E-state index contributed by atoms with van der Waals surface area (Å²) in [7, 11) is 1.33. The molecule has 1 aliphatic rings. The third kappa shape index (κ3) is 3.66. The quantitative estimate of drug-likeness (QED) is 0.819. The van der Waals surface area contributed by atoms with Gasteiger partial charge in [-0.05, 0) is 13.0 Å². The number of carbonyl (C=O) groups is 2. The molecule has 2 rings (SSSR count). The molecule has 0 aliphatic carbocycles. The third-order valence-corrected chi connectivity index (χ3v) is 3.58. The molecule has 1 aliphatic heterocycles. The average molecular weight is 307 g/mol. The first-order valence-electron chi connectivity index (χ1n) is 7.25. The van der Waals surface area contributed by atoms with Crippen molar-refractivity contribution in [2.24, 2.45) is 0 Å². The molecule has 0 bridgehead atoms. The summed E-state index contributed by atoms with van der Waals surface area (Å²) in [5.74, 6) is 0.0205. The Labute approximate surface area is 129 Å². The second kappa shape index (κ2) is 7.11. The number of esters is 1. The van der Waals surface area contributed by atoms with Crippen molar-refractivity contribution in [2.45, 2.75) is 32.4 Å². The van der Waals surface area contributed by atoms with E-state index in [1.807, 2.05) is 13.0 Å². The largest absolute Gasteiger partial charge is 0.478 e. The summed E-state index contributed by atoms with van der Waals surface area (Å²) in [5, 5.41) is 3.31. The van der Waals surface area contributed by atoms with Crippen LogP contribution in [0.1, 0.15) is 20.3 Å². The molecule has 120 valence electrons. The first kappa shape index (κ1) is 16.1. The van der Waals surface area contributed by atoms with Gasteiger partial charge in [0, 0.05) is 43.9 Å². The molecule has 0 radical (unpaired) electrons. The molecule has 1 N–H and O–H groups in total. The zero-order valence-corrected chi connectivity index (χ0v) is 13.0. The molecule has 22 heavy (non-hydrogen) atoms. The lowest BCUT2D eigenvalue weighted by molar-refractivity contribution is -0.150. The van der Waals surface area contributed by atoms with Crippen molar-refractivity contribution >= 4 is 17.6 Å². The van der Waals surface area contributed by atoms with E-state index in [4.69, 9.17) is 9.47 Å². The minimum Gasteiger partial charge on any atom is -0.478 e. The zero-order valence-electron chi connectivity index (χ0n) is 13.0. The smallest absolute Gasteiger partial charge is 0.328 e. The SMILES string of the molecule is CCOc1cc(N[C@H]2C[C@H](C(=O)OC)N(C(C)=O)C2)ccn1. The standard InChI is InChI=1S/C15H21N3O4/c1-4-22-14-8-11(5-6-16-14)17-12-7-13(15(20)21-3)18(9-12)10(2)19/h5-6,8,12-13H,4,7,9H2,1-3H3,(H,16,17)/t12-,13+/m0/s1. The van der Waals surface area contributed by atoms with Crippen LogP contribution in [0.2, 0.25) is 0 Å². The molecule has 1 amide bonds. The van der Waals surface area contributed by atoms with Gasteiger partial charge in [-0.15, -0.1) is 0 Å². The van der Waals surface area contributed by atoms with Gasteiger partial charge in [-0.3, -0.25) is 4.79 Å². The van der Waals surface area contributed by atoms with Gasteiger partial charge in [0.2, 0.25) is 11.8 Å². The van der Waals surface area contributed by atoms with E-state index in [-0.39, 0.29) is 17.9 Å². The fraction of sp³-hybridized carbons (Fsp3) is 0.533. The maximum absolute atomic E-state index is 11.8. The summed E-state index contributed by atoms with van der Waals surface area (Å²) in [6.07, 6.45) is 2.17. The van der Waals surface area contributed by atoms with Crippen molar-refractivity contribution in [2.75, 3.05) is 25.6 Å². The van der Waals surface area contributed by atoms with E-state index in [1.54, 1.807) is 12.3 Å². The Hall–Kier alpha value is -2.31. The van der Waals surface area contributed by atoms with Crippen LogP contribution in [0.15, 0.2) is 18.3 Å². The summed E-state index contributed by atoms with van der Waals surface area (Å²) in [4.78, 5) is 29.1. The molecule has 7 nitrogen and oxygen atoms in total. The second-order valence-corrected chi connectivity index (χ2v) is 5.10. The number of hydrogen-bond acceptors (Lipinski definition) is 6. The number of aromatic nitrogens is 1.